The maximum absolute atomic E-state index is 12.7. The first-order chi connectivity index (χ1) is 26.2. The number of amides is 2. The van der Waals surface area contributed by atoms with Gasteiger partial charge < -0.3 is 35.0 Å². The molecule has 0 saturated heterocycles. The monoisotopic (exact) mass is 786 g/mol. The molecule has 1 atom stereocenters. The van der Waals surface area contributed by atoms with Gasteiger partial charge in [0.25, 0.3) is 0 Å². The number of oxazole rings is 1. The van der Waals surface area contributed by atoms with Crippen molar-refractivity contribution in [2.24, 2.45) is 5.92 Å². The average Bonchev–Trinajstić information content (AvgIpc) is 3.61. The molecule has 0 spiro atoms. The van der Waals surface area contributed by atoms with Crippen molar-refractivity contribution in [1.82, 2.24) is 20.6 Å². The van der Waals surface area contributed by atoms with Crippen LogP contribution in [0.2, 0.25) is 5.02 Å². The number of halogens is 1. The quantitative estimate of drug-likeness (QED) is 0.0602. The Labute approximate surface area is 328 Å². The summed E-state index contributed by atoms with van der Waals surface area (Å²) in [4.78, 5) is 45.8. The number of benzene rings is 2. The van der Waals surface area contributed by atoms with Crippen LogP contribution >= 0.6 is 23.4 Å². The van der Waals surface area contributed by atoms with Crippen molar-refractivity contribution in [3.8, 4) is 40.5 Å². The number of alkyl carbamates (subject to hydrolysis) is 1. The standard InChI is InChI=1S/C39H41ClN7O7S/c1-23(2)33(46-31(48)15-16-44-38(50)54-39(3,4)5)37(49)52-18-6-17-51-28-13-9-24(10-14-28)32-29(19-41)34(43)47-36(30(32)20-42)55-22-27-21-53-35(45-27)25-7-11-26(40)12-8-25/h6-14,21,23,33H,15-18,22H2,1-5H3,(H2,43,47)(H,44,50)(H,46,48)/t33-/m0/s1. The number of nitrogens with one attached hydrogen (secondary N) is 2. The number of nitrogens with zero attached hydrogens (tertiary/aromatic N) is 4. The molecule has 0 bridgehead atoms. The Morgan fingerprint density at radius 2 is 1.67 bits per heavy atom. The van der Waals surface area contributed by atoms with E-state index in [2.05, 4.69) is 32.7 Å². The zero-order valence-corrected chi connectivity index (χ0v) is 32.5. The number of esters is 1. The predicted octanol–water partition coefficient (Wildman–Crippen LogP) is 6.86. The Morgan fingerprint density at radius 3 is 2.31 bits per heavy atom. The predicted molar refractivity (Wildman–Crippen MR) is 206 cm³/mol. The molecule has 2 aromatic heterocycles. The van der Waals surface area contributed by atoms with Gasteiger partial charge >= 0.3 is 12.1 Å². The van der Waals surface area contributed by atoms with E-state index in [1.165, 1.54) is 18.0 Å². The second-order valence-electron chi connectivity index (χ2n) is 13.3. The van der Waals surface area contributed by atoms with Gasteiger partial charge in [-0.25, -0.2) is 19.6 Å². The highest BCUT2D eigenvalue weighted by Crippen LogP contribution is 2.37. The second-order valence-corrected chi connectivity index (χ2v) is 14.7. The zero-order chi connectivity index (χ0) is 40.1. The number of aromatic nitrogens is 2. The highest BCUT2D eigenvalue weighted by molar-refractivity contribution is 7.98. The SMILES string of the molecule is CC(C)[C@H](NC(=O)CCNC(=O)OC(C)(C)C)C(=O)OC[CH]COc1ccc(-c2c(C#N)c(N)nc(SCc3coc(-c4ccc(Cl)cc4)n3)c2C#N)cc1. The molecule has 0 aliphatic heterocycles. The smallest absolute Gasteiger partial charge is 0.407 e. The highest BCUT2D eigenvalue weighted by atomic mass is 35.5. The number of nitrogens with two attached hydrogens (primary N) is 1. The summed E-state index contributed by atoms with van der Waals surface area (Å²) in [5, 5.41) is 26.2. The van der Waals surface area contributed by atoms with Crippen LogP contribution in [0.4, 0.5) is 10.6 Å². The van der Waals surface area contributed by atoms with Crippen molar-refractivity contribution < 1.29 is 33.0 Å². The Morgan fingerprint density at radius 1 is 1.00 bits per heavy atom. The van der Waals surface area contributed by atoms with Crippen LogP contribution in [0.3, 0.4) is 0 Å². The number of hydrogen-bond donors (Lipinski definition) is 3. The molecule has 4 aromatic rings. The van der Waals surface area contributed by atoms with E-state index in [4.69, 9.17) is 36.0 Å². The summed E-state index contributed by atoms with van der Waals surface area (Å²) in [5.41, 5.74) is 8.08. The van der Waals surface area contributed by atoms with Crippen molar-refractivity contribution in [3.05, 3.63) is 83.1 Å². The number of carbonyl (C=O) groups is 3. The van der Waals surface area contributed by atoms with Crippen LogP contribution in [0.1, 0.15) is 57.9 Å². The van der Waals surface area contributed by atoms with Gasteiger partial charge in [0.05, 0.1) is 24.5 Å². The Kier molecular flexibility index (Phi) is 14.9. The van der Waals surface area contributed by atoms with Crippen molar-refractivity contribution in [1.29, 1.82) is 10.5 Å². The maximum Gasteiger partial charge on any atom is 0.407 e. The normalized spacial score (nSPS) is 11.6. The summed E-state index contributed by atoms with van der Waals surface area (Å²) >= 11 is 7.22. The molecule has 55 heavy (non-hydrogen) atoms. The van der Waals surface area contributed by atoms with Crippen LogP contribution < -0.4 is 21.1 Å². The van der Waals surface area contributed by atoms with Crippen molar-refractivity contribution >= 4 is 47.2 Å². The van der Waals surface area contributed by atoms with Gasteiger partial charge in [0, 0.05) is 41.3 Å². The molecule has 2 heterocycles. The molecular formula is C39H41ClN7O7S. The third-order valence-corrected chi connectivity index (χ3v) is 8.79. The lowest BCUT2D eigenvalue weighted by molar-refractivity contribution is -0.148. The van der Waals surface area contributed by atoms with Gasteiger partial charge in [0.1, 0.15) is 52.2 Å². The topological polar surface area (TPSA) is 215 Å². The Hall–Kier alpha value is -5.77. The maximum atomic E-state index is 12.7. The molecule has 2 aromatic carbocycles. The number of ether oxygens (including phenoxy) is 3. The van der Waals surface area contributed by atoms with Gasteiger partial charge in [-0.15, -0.1) is 0 Å². The van der Waals surface area contributed by atoms with Gasteiger partial charge in [0.15, 0.2) is 0 Å². The minimum atomic E-state index is -0.885. The number of rotatable bonds is 16. The Balaban J connectivity index is 1.30. The first kappa shape index (κ1) is 42.0. The van der Waals surface area contributed by atoms with Gasteiger partial charge in [-0.3, -0.25) is 4.79 Å². The largest absolute Gasteiger partial charge is 0.493 e. The zero-order valence-electron chi connectivity index (χ0n) is 31.0. The van der Waals surface area contributed by atoms with E-state index >= 15 is 0 Å². The Bertz CT molecular complexity index is 2050. The van der Waals surface area contributed by atoms with Crippen LogP contribution in [-0.2, 0) is 24.8 Å². The molecule has 2 amide bonds. The molecule has 0 saturated carbocycles. The fraction of sp³-hybridized carbons (Fsp3) is 0.333. The van der Waals surface area contributed by atoms with E-state index in [1.807, 2.05) is 0 Å². The third-order valence-electron chi connectivity index (χ3n) is 7.53. The minimum absolute atomic E-state index is 0.0139. The first-order valence-corrected chi connectivity index (χ1v) is 18.5. The van der Waals surface area contributed by atoms with Crippen molar-refractivity contribution in [2.75, 3.05) is 25.5 Å². The summed E-state index contributed by atoms with van der Waals surface area (Å²) in [6, 6.07) is 17.2. The van der Waals surface area contributed by atoms with Gasteiger partial charge in [-0.1, -0.05) is 49.3 Å². The van der Waals surface area contributed by atoms with Gasteiger partial charge in [0.2, 0.25) is 11.8 Å². The number of nitrogen functional groups attached to an aromatic ring is 1. The van der Waals surface area contributed by atoms with E-state index in [1.54, 1.807) is 89.6 Å². The molecule has 14 nitrogen and oxygen atoms in total. The number of hydrogen-bond acceptors (Lipinski definition) is 13. The van der Waals surface area contributed by atoms with E-state index < -0.39 is 29.6 Å². The molecular weight excluding hydrogens is 746 g/mol. The van der Waals surface area contributed by atoms with Crippen molar-refractivity contribution in [3.63, 3.8) is 0 Å². The second kappa shape index (κ2) is 19.5. The van der Waals surface area contributed by atoms with Gasteiger partial charge in [-0.05, 0) is 68.7 Å². The fourth-order valence-electron chi connectivity index (χ4n) is 4.92. The molecule has 287 valence electrons. The molecule has 1 radical (unpaired) electrons. The molecule has 0 aliphatic rings. The lowest BCUT2D eigenvalue weighted by atomic mass is 9.97. The third kappa shape index (κ3) is 12.4. The molecule has 16 heteroatoms. The van der Waals surface area contributed by atoms with E-state index in [-0.39, 0.29) is 49.0 Å². The summed E-state index contributed by atoms with van der Waals surface area (Å²) in [5.74, 6) is -0.0684. The number of anilines is 1. The lowest BCUT2D eigenvalue weighted by Crippen LogP contribution is -2.46. The van der Waals surface area contributed by atoms with E-state index in [0.717, 1.165) is 5.56 Å². The van der Waals surface area contributed by atoms with Crippen LogP contribution in [0.15, 0.2) is 64.2 Å². The van der Waals surface area contributed by atoms with Crippen LogP contribution in [0.25, 0.3) is 22.6 Å². The van der Waals surface area contributed by atoms with E-state index in [0.29, 0.717) is 44.3 Å². The first-order valence-electron chi connectivity index (χ1n) is 17.1. The summed E-state index contributed by atoms with van der Waals surface area (Å²) in [6.45, 7) is 8.82. The van der Waals surface area contributed by atoms with Crippen LogP contribution in [-0.4, -0.2) is 59.3 Å². The molecule has 0 fully saturated rings. The number of nitriles is 2. The summed E-state index contributed by atoms with van der Waals surface area (Å²) in [7, 11) is 0. The fourth-order valence-corrected chi connectivity index (χ4v) is 5.92. The number of carbonyl (C=O) groups excluding carboxylic acids is 3. The molecule has 4 N–H and O–H groups in total. The van der Waals surface area contributed by atoms with Crippen LogP contribution in [0, 0.1) is 35.0 Å². The van der Waals surface area contributed by atoms with Crippen LogP contribution in [0.5, 0.6) is 5.75 Å². The number of thioether (sulfide) groups is 1. The molecule has 4 rings (SSSR count). The molecule has 0 aliphatic carbocycles. The summed E-state index contributed by atoms with van der Waals surface area (Å²) < 4.78 is 21.9. The highest BCUT2D eigenvalue weighted by Gasteiger charge is 2.26. The van der Waals surface area contributed by atoms with Crippen molar-refractivity contribution in [2.45, 2.75) is 63.5 Å². The van der Waals surface area contributed by atoms with E-state index in [9.17, 15) is 24.9 Å². The van der Waals surface area contributed by atoms with Gasteiger partial charge in [-0.2, -0.15) is 10.5 Å². The minimum Gasteiger partial charge on any atom is -0.493 e. The molecule has 0 unspecified atom stereocenters. The summed E-state index contributed by atoms with van der Waals surface area (Å²) in [6.07, 6.45) is 2.45. The average molecular weight is 787 g/mol. The lowest BCUT2D eigenvalue weighted by Gasteiger charge is -2.21. The number of pyridine rings is 1.